The minimum absolute atomic E-state index is 0.0412. The molecule has 0 radical (unpaired) electrons. The van der Waals surface area contributed by atoms with E-state index in [2.05, 4.69) is 11.4 Å². The number of benzene rings is 3. The number of amides is 1. The molecule has 35 heavy (non-hydrogen) atoms. The number of rotatable bonds is 9. The van der Waals surface area contributed by atoms with Crippen molar-refractivity contribution in [1.82, 2.24) is 5.32 Å². The number of carbonyl (C=O) groups excluding carboxylic acids is 1. The Balaban J connectivity index is 1.65. The second-order valence-electron chi connectivity index (χ2n) is 9.23. The van der Waals surface area contributed by atoms with E-state index in [1.54, 1.807) is 19.1 Å². The predicted octanol–water partition coefficient (Wildman–Crippen LogP) is 5.81. The molecule has 0 heterocycles. The first-order valence-corrected chi connectivity index (χ1v) is 11.9. The van der Waals surface area contributed by atoms with E-state index in [9.17, 15) is 19.4 Å². The molecule has 1 amide bonds. The molecule has 3 rings (SSSR count). The molecule has 0 aliphatic carbocycles. The van der Waals surface area contributed by atoms with E-state index in [0.29, 0.717) is 5.56 Å². The molecule has 3 N–H and O–H groups in total. The minimum atomic E-state index is -0.976. The van der Waals surface area contributed by atoms with Crippen molar-refractivity contribution in [2.45, 2.75) is 58.8 Å². The standard InChI is InChI=1S/C30H34FNO3/c1-19-14-20(2)27(28(15-19)24-10-13-29(31)21(3)16-24)12-11-25(33)17-26(34)18-30(35)32-22(4)23-8-6-5-7-9-23/h5-16,22,25-26,33-34H,17-18H2,1-4H3,(H,32,35)/b12-11+/t22-,25?,26?/m0/s1. The maximum atomic E-state index is 13.8. The maximum Gasteiger partial charge on any atom is 0.223 e. The molecule has 0 fully saturated rings. The molecule has 3 aromatic rings. The average Bonchev–Trinajstić information content (AvgIpc) is 2.80. The summed E-state index contributed by atoms with van der Waals surface area (Å²) in [6.45, 7) is 7.63. The van der Waals surface area contributed by atoms with E-state index < -0.39 is 12.2 Å². The van der Waals surface area contributed by atoms with Crippen molar-refractivity contribution < 1.29 is 19.4 Å². The number of hydrogen-bond acceptors (Lipinski definition) is 3. The highest BCUT2D eigenvalue weighted by atomic mass is 19.1. The van der Waals surface area contributed by atoms with Gasteiger partial charge in [0, 0.05) is 6.42 Å². The number of nitrogens with one attached hydrogen (secondary N) is 1. The van der Waals surface area contributed by atoms with Crippen molar-refractivity contribution in [2.75, 3.05) is 0 Å². The van der Waals surface area contributed by atoms with Crippen LogP contribution in [0.4, 0.5) is 4.39 Å². The van der Waals surface area contributed by atoms with Gasteiger partial charge in [0.2, 0.25) is 5.91 Å². The van der Waals surface area contributed by atoms with Gasteiger partial charge in [-0.15, -0.1) is 0 Å². The van der Waals surface area contributed by atoms with Crippen LogP contribution in [0.15, 0.2) is 66.7 Å². The molecule has 184 valence electrons. The Morgan fingerprint density at radius 2 is 1.71 bits per heavy atom. The topological polar surface area (TPSA) is 69.6 Å². The molecule has 0 saturated heterocycles. The van der Waals surface area contributed by atoms with Crippen LogP contribution in [0, 0.1) is 26.6 Å². The summed E-state index contributed by atoms with van der Waals surface area (Å²) in [7, 11) is 0. The van der Waals surface area contributed by atoms with E-state index >= 15 is 0 Å². The first-order chi connectivity index (χ1) is 16.6. The molecule has 0 spiro atoms. The lowest BCUT2D eigenvalue weighted by molar-refractivity contribution is -0.123. The van der Waals surface area contributed by atoms with Gasteiger partial charge in [-0.25, -0.2) is 4.39 Å². The van der Waals surface area contributed by atoms with Crippen LogP contribution in [0.5, 0.6) is 0 Å². The third kappa shape index (κ3) is 7.35. The van der Waals surface area contributed by atoms with Crippen LogP contribution in [0.25, 0.3) is 17.2 Å². The fourth-order valence-corrected chi connectivity index (χ4v) is 4.24. The summed E-state index contributed by atoms with van der Waals surface area (Å²) in [5.41, 5.74) is 6.43. The zero-order chi connectivity index (χ0) is 25.5. The number of halogens is 1. The molecule has 0 aromatic heterocycles. The Hall–Kier alpha value is -3.28. The molecule has 2 unspecified atom stereocenters. The quantitative estimate of drug-likeness (QED) is 0.366. The third-order valence-electron chi connectivity index (χ3n) is 6.10. The van der Waals surface area contributed by atoms with Crippen LogP contribution in [-0.4, -0.2) is 28.3 Å². The zero-order valence-electron chi connectivity index (χ0n) is 20.8. The van der Waals surface area contributed by atoms with Gasteiger partial charge >= 0.3 is 0 Å². The largest absolute Gasteiger partial charge is 0.392 e. The SMILES string of the molecule is Cc1cc(C)c(/C=C/C(O)CC(O)CC(=O)N[C@@H](C)c2ccccc2)c(-c2ccc(F)c(C)c2)c1. The average molecular weight is 476 g/mol. The van der Waals surface area contributed by atoms with Crippen LogP contribution in [0.2, 0.25) is 0 Å². The van der Waals surface area contributed by atoms with E-state index in [1.165, 1.54) is 6.07 Å². The Kier molecular flexibility index (Phi) is 8.96. The lowest BCUT2D eigenvalue weighted by Crippen LogP contribution is -2.31. The number of aliphatic hydroxyl groups excluding tert-OH is 2. The Morgan fingerprint density at radius 1 is 1.00 bits per heavy atom. The Bertz CT molecular complexity index is 1190. The number of hydrogen-bond donors (Lipinski definition) is 3. The van der Waals surface area contributed by atoms with Crippen LogP contribution < -0.4 is 5.32 Å². The fraction of sp³-hybridized carbons (Fsp3) is 0.300. The van der Waals surface area contributed by atoms with Crippen molar-refractivity contribution in [3.63, 3.8) is 0 Å². The Labute approximate surface area is 207 Å². The van der Waals surface area contributed by atoms with Crippen LogP contribution >= 0.6 is 0 Å². The molecule has 3 aromatic carbocycles. The second-order valence-corrected chi connectivity index (χ2v) is 9.23. The van der Waals surface area contributed by atoms with Gasteiger partial charge in [0.15, 0.2) is 0 Å². The number of aliphatic hydroxyl groups is 2. The maximum absolute atomic E-state index is 13.8. The van der Waals surface area contributed by atoms with Crippen molar-refractivity contribution in [3.05, 3.63) is 100 Å². The fourth-order valence-electron chi connectivity index (χ4n) is 4.24. The van der Waals surface area contributed by atoms with Gasteiger partial charge in [-0.3, -0.25) is 4.79 Å². The van der Waals surface area contributed by atoms with E-state index in [1.807, 2.05) is 69.3 Å². The highest BCUT2D eigenvalue weighted by Crippen LogP contribution is 2.30. The molecule has 0 aliphatic rings. The molecule has 3 atom stereocenters. The van der Waals surface area contributed by atoms with Gasteiger partial charge in [-0.2, -0.15) is 0 Å². The number of carbonyl (C=O) groups is 1. The van der Waals surface area contributed by atoms with Gasteiger partial charge in [0.1, 0.15) is 5.82 Å². The van der Waals surface area contributed by atoms with Crippen molar-refractivity contribution in [3.8, 4) is 11.1 Å². The molecule has 5 heteroatoms. The van der Waals surface area contributed by atoms with Crippen LogP contribution in [0.1, 0.15) is 53.6 Å². The first kappa shape index (κ1) is 26.3. The highest BCUT2D eigenvalue weighted by Gasteiger charge is 2.17. The summed E-state index contributed by atoms with van der Waals surface area (Å²) in [6.07, 6.45) is 1.51. The highest BCUT2D eigenvalue weighted by molar-refractivity contribution is 5.78. The van der Waals surface area contributed by atoms with Gasteiger partial charge < -0.3 is 15.5 Å². The van der Waals surface area contributed by atoms with Gasteiger partial charge in [0.25, 0.3) is 0 Å². The van der Waals surface area contributed by atoms with Gasteiger partial charge in [0.05, 0.1) is 24.7 Å². The molecular weight excluding hydrogens is 441 g/mol. The van der Waals surface area contributed by atoms with Crippen molar-refractivity contribution in [2.24, 2.45) is 0 Å². The molecule has 4 nitrogen and oxygen atoms in total. The summed E-state index contributed by atoms with van der Waals surface area (Å²) in [5, 5.41) is 23.8. The zero-order valence-corrected chi connectivity index (χ0v) is 20.8. The van der Waals surface area contributed by atoms with Gasteiger partial charge in [-0.05, 0) is 73.2 Å². The van der Waals surface area contributed by atoms with Crippen LogP contribution in [0.3, 0.4) is 0 Å². The van der Waals surface area contributed by atoms with E-state index in [4.69, 9.17) is 0 Å². The summed E-state index contributed by atoms with van der Waals surface area (Å²) in [4.78, 5) is 12.3. The molecular formula is C30H34FNO3. The van der Waals surface area contributed by atoms with Crippen molar-refractivity contribution >= 4 is 12.0 Å². The summed E-state index contributed by atoms with van der Waals surface area (Å²) in [6, 6.07) is 18.6. The summed E-state index contributed by atoms with van der Waals surface area (Å²) < 4.78 is 13.8. The van der Waals surface area contributed by atoms with E-state index in [0.717, 1.165) is 33.4 Å². The smallest absolute Gasteiger partial charge is 0.223 e. The lowest BCUT2D eigenvalue weighted by Gasteiger charge is -2.17. The molecule has 0 bridgehead atoms. The first-order valence-electron chi connectivity index (χ1n) is 11.9. The van der Waals surface area contributed by atoms with Gasteiger partial charge in [-0.1, -0.05) is 66.2 Å². The monoisotopic (exact) mass is 475 g/mol. The van der Waals surface area contributed by atoms with Crippen LogP contribution in [-0.2, 0) is 4.79 Å². The lowest BCUT2D eigenvalue weighted by atomic mass is 9.92. The molecule has 0 saturated carbocycles. The summed E-state index contributed by atoms with van der Waals surface area (Å²) >= 11 is 0. The normalized spacial score (nSPS) is 14.0. The van der Waals surface area contributed by atoms with E-state index in [-0.39, 0.29) is 30.6 Å². The second kappa shape index (κ2) is 11.9. The van der Waals surface area contributed by atoms with Crippen molar-refractivity contribution in [1.29, 1.82) is 0 Å². The predicted molar refractivity (Wildman–Crippen MR) is 139 cm³/mol. The summed E-state index contributed by atoms with van der Waals surface area (Å²) in [5.74, 6) is -0.518. The number of aryl methyl sites for hydroxylation is 3. The Morgan fingerprint density at radius 3 is 2.40 bits per heavy atom. The molecule has 0 aliphatic heterocycles. The minimum Gasteiger partial charge on any atom is -0.392 e. The third-order valence-corrected chi connectivity index (χ3v) is 6.10.